The summed E-state index contributed by atoms with van der Waals surface area (Å²) in [5.74, 6) is 1.99. The Morgan fingerprint density at radius 1 is 0.630 bits per heavy atom. The topological polar surface area (TPSA) is 222 Å². The zero-order valence-electron chi connectivity index (χ0n) is 54.3. The van der Waals surface area contributed by atoms with Crippen LogP contribution in [0.25, 0.3) is 41.6 Å². The molecule has 4 saturated heterocycles. The molecule has 532 valence electrons. The molecule has 6 aromatic heterocycles. The zero-order chi connectivity index (χ0) is 66.9. The van der Waals surface area contributed by atoms with Gasteiger partial charge in [-0.15, -0.1) is 22.7 Å². The van der Waals surface area contributed by atoms with Crippen LogP contribution in [0.3, 0.4) is 0 Å². The Hall–Kier alpha value is -7.84. The van der Waals surface area contributed by atoms with Crippen molar-refractivity contribution in [1.82, 2.24) is 50.2 Å². The molecule has 4 aliphatic heterocycles. The molecule has 0 radical (unpaired) electrons. The Balaban J connectivity index is 0.000000219. The van der Waals surface area contributed by atoms with Gasteiger partial charge in [-0.05, 0) is 128 Å². The normalized spacial score (nSPS) is 19.1. The maximum absolute atomic E-state index is 15.1. The number of nitrogens with one attached hydrogen (secondary N) is 2. The lowest BCUT2D eigenvalue weighted by Crippen LogP contribution is -2.52. The number of ether oxygens (including phenoxy) is 3. The van der Waals surface area contributed by atoms with Crippen LogP contribution in [0.15, 0.2) is 110 Å². The number of hydrogen-bond acceptors (Lipinski definition) is 19. The molecule has 24 heteroatoms. The second-order valence-electron chi connectivity index (χ2n) is 26.4. The molecule has 0 unspecified atom stereocenters. The summed E-state index contributed by atoms with van der Waals surface area (Å²) in [5, 5.41) is 15.5. The summed E-state index contributed by atoms with van der Waals surface area (Å²) in [4.78, 5) is 90.2. The zero-order valence-corrected chi connectivity index (χ0v) is 56.8. The monoisotopic (exact) mass is 1420 g/mol. The number of unbranched alkanes of at least 4 members (excludes halogenated alkanes) is 1. The summed E-state index contributed by atoms with van der Waals surface area (Å²) in [5.41, 5.74) is 6.68. The van der Waals surface area contributed by atoms with Gasteiger partial charge in [0, 0.05) is 152 Å². The van der Waals surface area contributed by atoms with Crippen molar-refractivity contribution in [3.05, 3.63) is 144 Å². The minimum Gasteiger partial charge on any atom is -0.456 e. The van der Waals surface area contributed by atoms with E-state index in [0.717, 1.165) is 130 Å². The first kappa shape index (κ1) is 74.8. The van der Waals surface area contributed by atoms with Crippen molar-refractivity contribution >= 4 is 84.3 Å². The minimum atomic E-state index is -0.509. The molecule has 14 rings (SSSR count). The fourth-order valence-electron chi connectivity index (χ4n) is 13.1. The maximum atomic E-state index is 15.1. The molecule has 2 saturated carbocycles. The number of thiophene rings is 2. The molecule has 3 amide bonds. The van der Waals surface area contributed by atoms with Crippen molar-refractivity contribution in [2.75, 3.05) is 71.3 Å². The second-order valence-corrected chi connectivity index (χ2v) is 29.7. The van der Waals surface area contributed by atoms with Crippen LogP contribution in [-0.2, 0) is 49.8 Å². The third-order valence-corrected chi connectivity index (χ3v) is 22.6. The fraction of sp³-hybridized carbons (Fsp3) is 0.461. The van der Waals surface area contributed by atoms with Gasteiger partial charge in [-0.25, -0.2) is 13.6 Å². The molecule has 4 atom stereocenters. The molecule has 8 aromatic rings. The number of aliphatic hydroxyl groups excluding tert-OH is 1. The van der Waals surface area contributed by atoms with Gasteiger partial charge in [0.1, 0.15) is 23.1 Å². The summed E-state index contributed by atoms with van der Waals surface area (Å²) in [6, 6.07) is 25.8. The lowest BCUT2D eigenvalue weighted by Gasteiger charge is -2.39. The van der Waals surface area contributed by atoms with Crippen LogP contribution in [-0.4, -0.2) is 169 Å². The molecule has 6 fully saturated rings. The lowest BCUT2D eigenvalue weighted by atomic mass is 10.0. The number of halogens is 2. The van der Waals surface area contributed by atoms with Gasteiger partial charge in [0.2, 0.25) is 0 Å². The van der Waals surface area contributed by atoms with Gasteiger partial charge in [-0.3, -0.25) is 53.8 Å². The van der Waals surface area contributed by atoms with Crippen molar-refractivity contribution < 1.29 is 52.1 Å². The van der Waals surface area contributed by atoms with Crippen LogP contribution in [0.2, 0.25) is 0 Å². The van der Waals surface area contributed by atoms with E-state index < -0.39 is 11.6 Å². The summed E-state index contributed by atoms with van der Waals surface area (Å²) in [6.07, 6.45) is 16.0. The van der Waals surface area contributed by atoms with E-state index in [4.69, 9.17) is 24.2 Å². The van der Waals surface area contributed by atoms with Crippen molar-refractivity contribution in [3.8, 4) is 44.1 Å². The number of piperazine rings is 2. The summed E-state index contributed by atoms with van der Waals surface area (Å²) in [6.45, 7) is 9.84. The number of β-amino-alcohol motifs (C(OH)–C–C–N with tert-alkyl or cyclic N) is 1. The molecular formula is C76H92F2N10O9S3. The number of fused-ring (bicyclic) bond motifs is 3. The summed E-state index contributed by atoms with van der Waals surface area (Å²) in [7, 11) is 0. The Morgan fingerprint density at radius 2 is 1.17 bits per heavy atom. The molecule has 100 heavy (non-hydrogen) atoms. The van der Waals surface area contributed by atoms with E-state index in [9.17, 15) is 33.5 Å². The van der Waals surface area contributed by atoms with E-state index in [0.29, 0.717) is 97.7 Å². The minimum absolute atomic E-state index is 0. The van der Waals surface area contributed by atoms with Crippen molar-refractivity contribution in [1.29, 1.82) is 0 Å². The number of amides is 3. The number of Topliss-reactive ketones (excluding diaryl/α,β-unsaturated/α-hetero) is 2. The van der Waals surface area contributed by atoms with Gasteiger partial charge < -0.3 is 34.9 Å². The Labute approximate surface area is 596 Å². The molecule has 0 bridgehead atoms. The number of thioether (sulfide) groups is 1. The number of esters is 1. The van der Waals surface area contributed by atoms with Gasteiger partial charge in [0.25, 0.3) is 5.91 Å². The summed E-state index contributed by atoms with van der Waals surface area (Å²) >= 11 is 4.86. The highest BCUT2D eigenvalue weighted by molar-refractivity contribution is 8.00. The molecule has 6 aliphatic rings. The standard InChI is InChI=1S/C41H45FN6O6S2.C32H35FN4O3S.3CH4/c42-29-19-26(18-28(49)17-25-5-6-25)8-10-33(29)54-34-11-12-43-31-20-36(56-40(31)34)30-9-7-27(21-44-30)22-47-13-15-48(16-14-47)37(50)23-53-38(51)4-2-1-3-35-39-32(24-55-35)45-41(52)46-39;1-21-19-36(10-11-37(21)12-13-38)20-24-4-6-27(35-18-24)31-17-28-32(41-31)30(8-9-34-28)40-29-7-5-23(16-26(29)33)15-25(39)14-22-2-3-22;;;/h7-12,19-21,25,32,35,39H,1-6,13-18,22-24H2,(H2,45,46,52);4-9,16-18,21-22,38H,2-3,10-15,19-20H2,1H3;3*1H4/t32-,35-,39-;21-;;;/m11.../s1. The van der Waals surface area contributed by atoms with E-state index in [2.05, 4.69) is 48.3 Å². The highest BCUT2D eigenvalue weighted by Gasteiger charge is 2.42. The number of rotatable bonds is 27. The van der Waals surface area contributed by atoms with Gasteiger partial charge in [0.15, 0.2) is 29.7 Å². The Morgan fingerprint density at radius 3 is 1.68 bits per heavy atom. The third-order valence-electron chi connectivity index (χ3n) is 18.8. The number of aliphatic hydroxyl groups is 1. The molecule has 3 N–H and O–H groups in total. The number of aromatic nitrogens is 4. The molecular weight excluding hydrogens is 1330 g/mol. The van der Waals surface area contributed by atoms with Gasteiger partial charge in [-0.2, -0.15) is 11.8 Å². The van der Waals surface area contributed by atoms with Crippen LogP contribution < -0.4 is 20.1 Å². The number of carbonyl (C=O) groups excluding carboxylic acids is 5. The van der Waals surface area contributed by atoms with Crippen LogP contribution in [0, 0.1) is 23.5 Å². The highest BCUT2D eigenvalue weighted by Crippen LogP contribution is 2.42. The van der Waals surface area contributed by atoms with Gasteiger partial charge >= 0.3 is 12.0 Å². The van der Waals surface area contributed by atoms with Crippen LogP contribution in [0.4, 0.5) is 13.6 Å². The quantitative estimate of drug-likeness (QED) is 0.0247. The number of nitrogens with zero attached hydrogens (tertiary/aromatic N) is 8. The highest BCUT2D eigenvalue weighted by atomic mass is 32.2. The first-order valence-electron chi connectivity index (χ1n) is 33.7. The largest absolute Gasteiger partial charge is 0.456 e. The predicted octanol–water partition coefficient (Wildman–Crippen LogP) is 13.7. The van der Waals surface area contributed by atoms with E-state index in [1.807, 2.05) is 54.5 Å². The smallest absolute Gasteiger partial charge is 0.315 e. The number of urea groups is 1. The molecule has 19 nitrogen and oxygen atoms in total. The SMILES string of the molecule is C.C.C.C[C@@H]1CN(Cc2ccc(-c3cc4nccc(Oc5ccc(CC(=O)CC6CC6)cc5F)c4s3)nc2)CCN1CCO.O=C(Cc1ccc(Oc2ccnc3cc(-c4ccc(CN5CCN(C(=O)COC(=O)CCCC[C@H]6SC[C@H]7NC(=O)N[C@H]76)CC5)cn4)sc23)c(F)c1)CC1CC1. The van der Waals surface area contributed by atoms with Crippen LogP contribution in [0.1, 0.15) is 116 Å². The van der Waals surface area contributed by atoms with Crippen LogP contribution in [0.5, 0.6) is 23.0 Å². The average Bonchev–Trinajstić information content (AvgIpc) is 1.47. The van der Waals surface area contributed by atoms with E-state index in [1.54, 1.807) is 53.7 Å². The molecule has 2 aromatic carbocycles. The predicted molar refractivity (Wildman–Crippen MR) is 391 cm³/mol. The number of pyridine rings is 4. The summed E-state index contributed by atoms with van der Waals surface area (Å²) < 4.78 is 48.9. The maximum Gasteiger partial charge on any atom is 0.315 e. The van der Waals surface area contributed by atoms with Gasteiger partial charge in [-0.1, -0.05) is 53.0 Å². The number of ketones is 2. The first-order chi connectivity index (χ1) is 47.2. The van der Waals surface area contributed by atoms with Gasteiger partial charge in [0.05, 0.1) is 60.3 Å². The van der Waals surface area contributed by atoms with E-state index in [1.165, 1.54) is 34.8 Å². The van der Waals surface area contributed by atoms with Crippen molar-refractivity contribution in [2.24, 2.45) is 11.8 Å². The lowest BCUT2D eigenvalue weighted by molar-refractivity contribution is -0.152. The Kier molecular flexibility index (Phi) is 26.0. The Bertz CT molecular complexity index is 4130. The number of hydrogen-bond donors (Lipinski definition) is 3. The third kappa shape index (κ3) is 19.6. The van der Waals surface area contributed by atoms with Crippen molar-refractivity contribution in [3.63, 3.8) is 0 Å². The fourth-order valence-corrected chi connectivity index (χ4v) is 16.7. The molecule has 0 spiro atoms. The first-order valence-corrected chi connectivity index (χ1v) is 36.4. The number of carbonyl (C=O) groups is 5. The van der Waals surface area contributed by atoms with E-state index in [-0.39, 0.29) is 108 Å². The molecule has 2 aliphatic carbocycles. The van der Waals surface area contributed by atoms with Crippen molar-refractivity contribution in [2.45, 2.75) is 143 Å². The second kappa shape index (κ2) is 34.7. The number of benzene rings is 2. The van der Waals surface area contributed by atoms with E-state index >= 15 is 4.39 Å². The molecule has 10 heterocycles. The average molecular weight is 1420 g/mol. The van der Waals surface area contributed by atoms with Crippen LogP contribution >= 0.6 is 34.4 Å².